The predicted octanol–water partition coefficient (Wildman–Crippen LogP) is 0.655. The van der Waals surface area contributed by atoms with E-state index in [9.17, 15) is 9.59 Å². The number of hydrogen-bond acceptors (Lipinski definition) is 5. The van der Waals surface area contributed by atoms with Crippen molar-refractivity contribution in [1.29, 1.82) is 0 Å². The Kier molecular flexibility index (Phi) is 3.69. The van der Waals surface area contributed by atoms with Crippen molar-refractivity contribution in [3.63, 3.8) is 0 Å². The predicted molar refractivity (Wildman–Crippen MR) is 72.6 cm³/mol. The zero-order valence-electron chi connectivity index (χ0n) is 10.7. The summed E-state index contributed by atoms with van der Waals surface area (Å²) in [5.74, 6) is -0.480. The molecule has 0 spiro atoms. The summed E-state index contributed by atoms with van der Waals surface area (Å²) in [6.45, 7) is 0. The molecule has 0 fully saturated rings. The molecular weight excluding hydrogens is 262 g/mol. The Hall–Kier alpha value is -2.83. The van der Waals surface area contributed by atoms with Crippen LogP contribution < -0.4 is 16.0 Å². The summed E-state index contributed by atoms with van der Waals surface area (Å²) < 4.78 is 5.18. The number of nitrogen functional groups attached to an aromatic ring is 1. The van der Waals surface area contributed by atoms with Crippen molar-refractivity contribution in [2.45, 2.75) is 6.42 Å². The highest BCUT2D eigenvalue weighted by molar-refractivity contribution is 5.72. The number of nitrogens with one attached hydrogen (secondary N) is 1. The van der Waals surface area contributed by atoms with E-state index in [-0.39, 0.29) is 17.2 Å². The second-order valence-corrected chi connectivity index (χ2v) is 4.05. The SMILES string of the molecule is COc1ccccc1-c1nc(N)c(CC(=O)O)c(=O)[nH]1. The molecular formula is C13H13N3O4. The maximum absolute atomic E-state index is 11.9. The van der Waals surface area contributed by atoms with Gasteiger partial charge in [-0.3, -0.25) is 9.59 Å². The summed E-state index contributed by atoms with van der Waals surface area (Å²) in [4.78, 5) is 29.1. The molecule has 0 aliphatic heterocycles. The first-order chi connectivity index (χ1) is 9.52. The van der Waals surface area contributed by atoms with Gasteiger partial charge in [-0.15, -0.1) is 0 Å². The van der Waals surface area contributed by atoms with Crippen molar-refractivity contribution in [1.82, 2.24) is 9.97 Å². The Morgan fingerprint density at radius 2 is 2.15 bits per heavy atom. The molecule has 0 saturated heterocycles. The van der Waals surface area contributed by atoms with E-state index in [0.717, 1.165) is 0 Å². The maximum atomic E-state index is 11.9. The van der Waals surface area contributed by atoms with E-state index >= 15 is 0 Å². The van der Waals surface area contributed by atoms with E-state index in [1.165, 1.54) is 7.11 Å². The molecule has 4 N–H and O–H groups in total. The number of nitrogens with two attached hydrogens (primary N) is 1. The number of methoxy groups -OCH3 is 1. The first kappa shape index (κ1) is 13.6. The average Bonchev–Trinajstić information content (AvgIpc) is 2.42. The number of H-pyrrole nitrogens is 1. The highest BCUT2D eigenvalue weighted by Gasteiger charge is 2.15. The molecule has 20 heavy (non-hydrogen) atoms. The molecule has 7 heteroatoms. The van der Waals surface area contributed by atoms with Crippen LogP contribution in [0.15, 0.2) is 29.1 Å². The summed E-state index contributed by atoms with van der Waals surface area (Å²) in [6, 6.07) is 6.98. The van der Waals surface area contributed by atoms with Crippen LogP contribution in [0.25, 0.3) is 11.4 Å². The molecule has 2 rings (SSSR count). The van der Waals surface area contributed by atoms with Crippen molar-refractivity contribution < 1.29 is 14.6 Å². The number of anilines is 1. The van der Waals surface area contributed by atoms with Crippen LogP contribution in [0.1, 0.15) is 5.56 Å². The molecule has 1 aromatic carbocycles. The van der Waals surface area contributed by atoms with Gasteiger partial charge >= 0.3 is 5.97 Å². The normalized spacial score (nSPS) is 10.2. The summed E-state index contributed by atoms with van der Waals surface area (Å²) in [6.07, 6.45) is -0.472. The highest BCUT2D eigenvalue weighted by Crippen LogP contribution is 2.26. The van der Waals surface area contributed by atoms with Crippen LogP contribution in [0.3, 0.4) is 0 Å². The molecule has 104 valence electrons. The van der Waals surface area contributed by atoms with Gasteiger partial charge in [0.05, 0.1) is 24.7 Å². The van der Waals surface area contributed by atoms with E-state index in [1.54, 1.807) is 24.3 Å². The standard InChI is InChI=1S/C13H13N3O4/c1-20-9-5-3-2-4-7(9)12-15-11(14)8(6-10(17)18)13(19)16-12/h2-5H,6H2,1H3,(H,17,18)(H3,14,15,16,19). The number of carbonyl (C=O) groups is 1. The third-order valence-corrected chi connectivity index (χ3v) is 2.74. The molecule has 0 saturated carbocycles. The van der Waals surface area contributed by atoms with Gasteiger partial charge in [0.25, 0.3) is 5.56 Å². The number of carboxylic acid groups (broad SMARTS) is 1. The Balaban J connectivity index is 2.55. The minimum atomic E-state index is -1.14. The zero-order chi connectivity index (χ0) is 14.7. The maximum Gasteiger partial charge on any atom is 0.308 e. The van der Waals surface area contributed by atoms with Crippen LogP contribution in [0.2, 0.25) is 0 Å². The largest absolute Gasteiger partial charge is 0.496 e. The van der Waals surface area contributed by atoms with Crippen LogP contribution >= 0.6 is 0 Å². The number of benzene rings is 1. The van der Waals surface area contributed by atoms with E-state index < -0.39 is 17.9 Å². The van der Waals surface area contributed by atoms with Gasteiger partial charge in [0, 0.05) is 0 Å². The number of rotatable bonds is 4. The minimum absolute atomic E-state index is 0.0591. The number of para-hydroxylation sites is 1. The fraction of sp³-hybridized carbons (Fsp3) is 0.154. The van der Waals surface area contributed by atoms with E-state index in [1.807, 2.05) is 0 Å². The molecule has 0 unspecified atom stereocenters. The van der Waals surface area contributed by atoms with Crippen LogP contribution in [0.5, 0.6) is 5.75 Å². The second kappa shape index (κ2) is 5.43. The molecule has 1 heterocycles. The molecule has 0 atom stereocenters. The van der Waals surface area contributed by atoms with Gasteiger partial charge in [-0.1, -0.05) is 12.1 Å². The Labute approximate surface area is 114 Å². The van der Waals surface area contributed by atoms with Gasteiger partial charge in [-0.2, -0.15) is 0 Å². The summed E-state index contributed by atoms with van der Waals surface area (Å²) >= 11 is 0. The summed E-state index contributed by atoms with van der Waals surface area (Å²) in [7, 11) is 1.50. The van der Waals surface area contributed by atoms with Crippen molar-refractivity contribution in [3.8, 4) is 17.1 Å². The topological polar surface area (TPSA) is 118 Å². The smallest absolute Gasteiger partial charge is 0.308 e. The molecule has 0 aliphatic carbocycles. The third kappa shape index (κ3) is 2.61. The fourth-order valence-electron chi connectivity index (χ4n) is 1.81. The van der Waals surface area contributed by atoms with Gasteiger partial charge < -0.3 is 20.6 Å². The third-order valence-electron chi connectivity index (χ3n) is 2.74. The minimum Gasteiger partial charge on any atom is -0.496 e. The number of nitrogens with zero attached hydrogens (tertiary/aromatic N) is 1. The quantitative estimate of drug-likeness (QED) is 0.754. The Bertz CT molecular complexity index is 709. The van der Waals surface area contributed by atoms with E-state index in [0.29, 0.717) is 11.3 Å². The zero-order valence-corrected chi connectivity index (χ0v) is 10.7. The first-order valence-electron chi connectivity index (χ1n) is 5.76. The molecule has 2 aromatic rings. The monoisotopic (exact) mass is 275 g/mol. The van der Waals surface area contributed by atoms with Gasteiger partial charge in [-0.25, -0.2) is 4.98 Å². The van der Waals surface area contributed by atoms with Gasteiger partial charge in [0.2, 0.25) is 0 Å². The Morgan fingerprint density at radius 3 is 2.75 bits per heavy atom. The second-order valence-electron chi connectivity index (χ2n) is 4.05. The van der Waals surface area contributed by atoms with Gasteiger partial charge in [-0.05, 0) is 12.1 Å². The molecule has 0 aliphatic rings. The molecule has 7 nitrogen and oxygen atoms in total. The van der Waals surface area contributed by atoms with Gasteiger partial charge in [0.1, 0.15) is 17.4 Å². The fourth-order valence-corrected chi connectivity index (χ4v) is 1.81. The van der Waals surface area contributed by atoms with Crippen molar-refractivity contribution >= 4 is 11.8 Å². The lowest BCUT2D eigenvalue weighted by Crippen LogP contribution is -2.21. The van der Waals surface area contributed by atoms with Crippen molar-refractivity contribution in [2.24, 2.45) is 0 Å². The van der Waals surface area contributed by atoms with E-state index in [2.05, 4.69) is 9.97 Å². The summed E-state index contributed by atoms with van der Waals surface area (Å²) in [5, 5.41) is 8.73. The number of carboxylic acids is 1. The lowest BCUT2D eigenvalue weighted by Gasteiger charge is -2.09. The van der Waals surface area contributed by atoms with Gasteiger partial charge in [0.15, 0.2) is 0 Å². The van der Waals surface area contributed by atoms with Crippen molar-refractivity contribution in [3.05, 3.63) is 40.2 Å². The van der Waals surface area contributed by atoms with Crippen LogP contribution in [0, 0.1) is 0 Å². The van der Waals surface area contributed by atoms with E-state index in [4.69, 9.17) is 15.6 Å². The number of aromatic nitrogens is 2. The summed E-state index contributed by atoms with van der Waals surface area (Å²) in [5.41, 5.74) is 5.61. The Morgan fingerprint density at radius 1 is 1.45 bits per heavy atom. The van der Waals surface area contributed by atoms with Crippen molar-refractivity contribution in [2.75, 3.05) is 12.8 Å². The molecule has 0 radical (unpaired) electrons. The van der Waals surface area contributed by atoms with Crippen LogP contribution in [-0.4, -0.2) is 28.2 Å². The number of aliphatic carboxylic acids is 1. The first-order valence-corrected chi connectivity index (χ1v) is 5.76. The number of aromatic amines is 1. The molecule has 0 bridgehead atoms. The average molecular weight is 275 g/mol. The lowest BCUT2D eigenvalue weighted by atomic mass is 10.1. The lowest BCUT2D eigenvalue weighted by molar-refractivity contribution is -0.136. The number of hydrogen-bond donors (Lipinski definition) is 3. The number of ether oxygens (including phenoxy) is 1. The van der Waals surface area contributed by atoms with Crippen LogP contribution in [-0.2, 0) is 11.2 Å². The molecule has 0 amide bonds. The van der Waals surface area contributed by atoms with Crippen LogP contribution in [0.4, 0.5) is 5.82 Å². The molecule has 1 aromatic heterocycles. The highest BCUT2D eigenvalue weighted by atomic mass is 16.5.